The predicted octanol–water partition coefficient (Wildman–Crippen LogP) is 2.14. The first-order valence-corrected chi connectivity index (χ1v) is 4.00. The Morgan fingerprint density at radius 3 is 2.92 bits per heavy atom. The molecule has 2 nitrogen and oxygen atoms in total. The number of hydrogen-bond donors (Lipinski definition) is 1. The van der Waals surface area contributed by atoms with Crippen LogP contribution in [0.25, 0.3) is 0 Å². The maximum Gasteiger partial charge on any atom is 0.280 e. The lowest BCUT2D eigenvalue weighted by Crippen LogP contribution is -2.23. The lowest BCUT2D eigenvalue weighted by molar-refractivity contribution is -0.0404. The Labute approximate surface area is 74.3 Å². The molecule has 0 aliphatic carbocycles. The van der Waals surface area contributed by atoms with E-state index >= 15 is 0 Å². The van der Waals surface area contributed by atoms with Gasteiger partial charge in [-0.15, -0.1) is 0 Å². The van der Waals surface area contributed by atoms with Crippen LogP contribution in [0.3, 0.4) is 0 Å². The zero-order valence-electron chi connectivity index (χ0n) is 6.89. The van der Waals surface area contributed by atoms with Gasteiger partial charge in [-0.1, -0.05) is 0 Å². The van der Waals surface area contributed by atoms with Gasteiger partial charge in [-0.05, 0) is 12.1 Å². The van der Waals surface area contributed by atoms with Crippen LogP contribution in [0.2, 0.25) is 0 Å². The summed E-state index contributed by atoms with van der Waals surface area (Å²) in [5, 5.41) is 0. The zero-order valence-corrected chi connectivity index (χ0v) is 6.89. The van der Waals surface area contributed by atoms with Gasteiger partial charge in [0.15, 0.2) is 0 Å². The van der Waals surface area contributed by atoms with Gasteiger partial charge in [-0.3, -0.25) is 0 Å². The average Bonchev–Trinajstić information content (AvgIpc) is 2.02. The SMILES string of the molecule is Nc1ccc2c(c1)OCCC2(F)F. The molecule has 0 atom stereocenters. The van der Waals surface area contributed by atoms with Gasteiger partial charge in [0.25, 0.3) is 5.92 Å². The maximum atomic E-state index is 13.2. The van der Waals surface area contributed by atoms with Crippen molar-refractivity contribution in [3.63, 3.8) is 0 Å². The van der Waals surface area contributed by atoms with Crippen LogP contribution < -0.4 is 10.5 Å². The summed E-state index contributed by atoms with van der Waals surface area (Å²) in [5.41, 5.74) is 5.82. The van der Waals surface area contributed by atoms with Crippen LogP contribution in [0.4, 0.5) is 14.5 Å². The molecule has 1 aromatic carbocycles. The molecule has 0 fully saturated rings. The zero-order chi connectivity index (χ0) is 9.47. The van der Waals surface area contributed by atoms with E-state index in [0.717, 1.165) is 0 Å². The molecule has 2 rings (SSSR count). The Kier molecular flexibility index (Phi) is 1.65. The monoisotopic (exact) mass is 185 g/mol. The van der Waals surface area contributed by atoms with Crippen molar-refractivity contribution >= 4 is 5.69 Å². The molecular weight excluding hydrogens is 176 g/mol. The molecule has 0 bridgehead atoms. The second kappa shape index (κ2) is 2.58. The fraction of sp³-hybridized carbons (Fsp3) is 0.333. The number of alkyl halides is 2. The third kappa shape index (κ3) is 1.32. The highest BCUT2D eigenvalue weighted by molar-refractivity contribution is 5.50. The van der Waals surface area contributed by atoms with E-state index in [1.54, 1.807) is 0 Å². The van der Waals surface area contributed by atoms with E-state index in [1.807, 2.05) is 0 Å². The van der Waals surface area contributed by atoms with Crippen molar-refractivity contribution in [3.8, 4) is 5.75 Å². The number of fused-ring (bicyclic) bond motifs is 1. The van der Waals surface area contributed by atoms with E-state index < -0.39 is 5.92 Å². The molecule has 0 amide bonds. The van der Waals surface area contributed by atoms with E-state index in [-0.39, 0.29) is 24.3 Å². The van der Waals surface area contributed by atoms with Gasteiger partial charge < -0.3 is 10.5 Å². The Balaban J connectivity index is 2.53. The summed E-state index contributed by atoms with van der Waals surface area (Å²) >= 11 is 0. The van der Waals surface area contributed by atoms with Crippen LogP contribution in [0.1, 0.15) is 12.0 Å². The molecule has 1 aliphatic heterocycles. The summed E-state index contributed by atoms with van der Waals surface area (Å²) in [4.78, 5) is 0. The van der Waals surface area contributed by atoms with E-state index in [4.69, 9.17) is 10.5 Å². The van der Waals surface area contributed by atoms with Crippen molar-refractivity contribution in [2.24, 2.45) is 0 Å². The summed E-state index contributed by atoms with van der Waals surface area (Å²) < 4.78 is 31.5. The van der Waals surface area contributed by atoms with E-state index in [1.165, 1.54) is 18.2 Å². The Hall–Kier alpha value is -1.32. The molecule has 4 heteroatoms. The first kappa shape index (κ1) is 8.29. The molecule has 1 heterocycles. The lowest BCUT2D eigenvalue weighted by atomic mass is 10.0. The van der Waals surface area contributed by atoms with Crippen molar-refractivity contribution in [1.82, 2.24) is 0 Å². The number of benzene rings is 1. The maximum absolute atomic E-state index is 13.2. The molecular formula is C9H9F2NO. The summed E-state index contributed by atoms with van der Waals surface area (Å²) in [6.07, 6.45) is -0.260. The van der Waals surface area contributed by atoms with Crippen molar-refractivity contribution in [2.45, 2.75) is 12.3 Å². The number of rotatable bonds is 0. The number of nitrogens with two attached hydrogens (primary N) is 1. The fourth-order valence-electron chi connectivity index (χ4n) is 1.38. The number of halogens is 2. The predicted molar refractivity (Wildman–Crippen MR) is 44.9 cm³/mol. The second-order valence-electron chi connectivity index (χ2n) is 3.06. The van der Waals surface area contributed by atoms with E-state index in [0.29, 0.717) is 5.69 Å². The van der Waals surface area contributed by atoms with E-state index in [9.17, 15) is 8.78 Å². The van der Waals surface area contributed by atoms with Gasteiger partial charge in [0, 0.05) is 11.8 Å². The van der Waals surface area contributed by atoms with Gasteiger partial charge >= 0.3 is 0 Å². The number of hydrogen-bond acceptors (Lipinski definition) is 2. The largest absolute Gasteiger partial charge is 0.493 e. The van der Waals surface area contributed by atoms with Crippen LogP contribution in [0.15, 0.2) is 18.2 Å². The minimum Gasteiger partial charge on any atom is -0.493 e. The van der Waals surface area contributed by atoms with Gasteiger partial charge in [0.1, 0.15) is 5.75 Å². The Morgan fingerprint density at radius 2 is 2.15 bits per heavy atom. The van der Waals surface area contributed by atoms with Crippen molar-refractivity contribution < 1.29 is 13.5 Å². The smallest absolute Gasteiger partial charge is 0.280 e. The molecule has 0 spiro atoms. The highest BCUT2D eigenvalue weighted by Gasteiger charge is 2.37. The van der Waals surface area contributed by atoms with E-state index in [2.05, 4.69) is 0 Å². The molecule has 0 saturated heterocycles. The summed E-state index contributed by atoms with van der Waals surface area (Å²) in [5.74, 6) is -2.57. The standard InChI is InChI=1S/C9H9F2NO/c10-9(11)3-4-13-8-5-6(12)1-2-7(8)9/h1-2,5H,3-4,12H2. The highest BCUT2D eigenvalue weighted by atomic mass is 19.3. The van der Waals surface area contributed by atoms with Gasteiger partial charge in [-0.25, -0.2) is 8.78 Å². The van der Waals surface area contributed by atoms with Gasteiger partial charge in [-0.2, -0.15) is 0 Å². The summed E-state index contributed by atoms with van der Waals surface area (Å²) in [6, 6.07) is 4.22. The minimum absolute atomic E-state index is 0.0451. The minimum atomic E-state index is -2.78. The first-order valence-electron chi connectivity index (χ1n) is 4.00. The fourth-order valence-corrected chi connectivity index (χ4v) is 1.38. The number of nitrogen functional groups attached to an aromatic ring is 1. The number of anilines is 1. The highest BCUT2D eigenvalue weighted by Crippen LogP contribution is 2.41. The number of ether oxygens (including phenoxy) is 1. The van der Waals surface area contributed by atoms with Gasteiger partial charge in [0.05, 0.1) is 18.6 Å². The van der Waals surface area contributed by atoms with Crippen LogP contribution in [-0.2, 0) is 5.92 Å². The second-order valence-corrected chi connectivity index (χ2v) is 3.06. The molecule has 70 valence electrons. The van der Waals surface area contributed by atoms with Crippen LogP contribution in [0, 0.1) is 0 Å². The van der Waals surface area contributed by atoms with Crippen LogP contribution in [0.5, 0.6) is 5.75 Å². The van der Waals surface area contributed by atoms with Crippen LogP contribution in [-0.4, -0.2) is 6.61 Å². The summed E-state index contributed by atoms with van der Waals surface area (Å²) in [6.45, 7) is 0.0451. The molecule has 13 heavy (non-hydrogen) atoms. The molecule has 0 radical (unpaired) electrons. The Bertz CT molecular complexity index is 338. The van der Waals surface area contributed by atoms with Crippen molar-refractivity contribution in [2.75, 3.05) is 12.3 Å². The normalized spacial score (nSPS) is 18.9. The Morgan fingerprint density at radius 1 is 1.38 bits per heavy atom. The third-order valence-corrected chi connectivity index (χ3v) is 2.07. The van der Waals surface area contributed by atoms with Crippen molar-refractivity contribution in [3.05, 3.63) is 23.8 Å². The average molecular weight is 185 g/mol. The van der Waals surface area contributed by atoms with Gasteiger partial charge in [0.2, 0.25) is 0 Å². The molecule has 1 aliphatic rings. The van der Waals surface area contributed by atoms with Crippen molar-refractivity contribution in [1.29, 1.82) is 0 Å². The quantitative estimate of drug-likeness (QED) is 0.628. The van der Waals surface area contributed by atoms with Crippen LogP contribution >= 0.6 is 0 Å². The topological polar surface area (TPSA) is 35.2 Å². The molecule has 0 aromatic heterocycles. The summed E-state index contributed by atoms with van der Waals surface area (Å²) in [7, 11) is 0. The molecule has 2 N–H and O–H groups in total. The lowest BCUT2D eigenvalue weighted by Gasteiger charge is -2.25. The molecule has 0 unspecified atom stereocenters. The first-order chi connectivity index (χ1) is 6.09. The third-order valence-electron chi connectivity index (χ3n) is 2.07. The molecule has 0 saturated carbocycles. The molecule has 1 aromatic rings.